The van der Waals surface area contributed by atoms with E-state index in [-0.39, 0.29) is 24.5 Å². The summed E-state index contributed by atoms with van der Waals surface area (Å²) in [6.07, 6.45) is 3.96. The predicted octanol–water partition coefficient (Wildman–Crippen LogP) is 3.90. The Balaban J connectivity index is 1.58. The molecule has 122 valence electrons. The van der Waals surface area contributed by atoms with E-state index in [1.807, 2.05) is 23.6 Å². The Morgan fingerprint density at radius 1 is 1.08 bits per heavy atom. The van der Waals surface area contributed by atoms with E-state index in [0.717, 1.165) is 11.3 Å². The van der Waals surface area contributed by atoms with Crippen molar-refractivity contribution in [2.24, 2.45) is 0 Å². The lowest BCUT2D eigenvalue weighted by Gasteiger charge is -2.06. The van der Waals surface area contributed by atoms with Gasteiger partial charge in [-0.2, -0.15) is 0 Å². The monoisotopic (exact) mass is 341 g/mol. The average molecular weight is 342 g/mol. The van der Waals surface area contributed by atoms with E-state index in [1.54, 1.807) is 36.5 Å². The highest BCUT2D eigenvalue weighted by Gasteiger charge is 2.10. The molecule has 0 aliphatic rings. The lowest BCUT2D eigenvalue weighted by molar-refractivity contribution is -0.116. The van der Waals surface area contributed by atoms with Crippen LogP contribution in [0, 0.1) is 6.92 Å². The second-order valence-corrected chi connectivity index (χ2v) is 5.98. The maximum Gasteiger partial charge on any atom is 0.224 e. The van der Waals surface area contributed by atoms with Crippen molar-refractivity contribution in [2.75, 3.05) is 5.32 Å². The second kappa shape index (κ2) is 6.84. The number of imidazole rings is 1. The van der Waals surface area contributed by atoms with Crippen molar-refractivity contribution in [1.82, 2.24) is 9.38 Å². The summed E-state index contributed by atoms with van der Waals surface area (Å²) in [5.41, 5.74) is 2.96. The molecule has 24 heavy (non-hydrogen) atoms. The number of hydrogen-bond donors (Lipinski definition) is 1. The number of rotatable bonds is 5. The van der Waals surface area contributed by atoms with E-state index < -0.39 is 0 Å². The first-order valence-electron chi connectivity index (χ1n) is 7.55. The van der Waals surface area contributed by atoms with Crippen LogP contribution in [0.5, 0.6) is 0 Å². The van der Waals surface area contributed by atoms with Crippen LogP contribution in [-0.2, 0) is 4.79 Å². The molecular formula is C18H16ClN3O2. The van der Waals surface area contributed by atoms with Crippen molar-refractivity contribution in [3.05, 3.63) is 65.1 Å². The number of pyridine rings is 1. The van der Waals surface area contributed by atoms with Crippen LogP contribution in [0.4, 0.5) is 5.69 Å². The maximum atomic E-state index is 12.1. The van der Waals surface area contributed by atoms with Crippen LogP contribution >= 0.6 is 11.6 Å². The highest BCUT2D eigenvalue weighted by molar-refractivity contribution is 6.30. The van der Waals surface area contributed by atoms with Gasteiger partial charge in [0.25, 0.3) is 0 Å². The molecule has 6 heteroatoms. The molecule has 1 amide bonds. The van der Waals surface area contributed by atoms with Gasteiger partial charge in [-0.3, -0.25) is 9.59 Å². The van der Waals surface area contributed by atoms with Crippen LogP contribution in [0.1, 0.15) is 28.9 Å². The number of nitrogens with one attached hydrogen (secondary N) is 1. The van der Waals surface area contributed by atoms with Crippen LogP contribution in [-0.4, -0.2) is 21.1 Å². The number of halogens is 1. The summed E-state index contributed by atoms with van der Waals surface area (Å²) >= 11 is 5.80. The van der Waals surface area contributed by atoms with Crippen LogP contribution in [0.15, 0.2) is 48.8 Å². The van der Waals surface area contributed by atoms with Crippen molar-refractivity contribution >= 4 is 34.6 Å². The lowest BCUT2D eigenvalue weighted by atomic mass is 10.1. The molecule has 0 aliphatic heterocycles. The Labute approximate surface area is 144 Å². The van der Waals surface area contributed by atoms with Crippen LogP contribution in [0.25, 0.3) is 5.65 Å². The fraction of sp³-hybridized carbons (Fsp3) is 0.167. The molecule has 0 saturated heterocycles. The molecule has 0 radical (unpaired) electrons. The normalized spacial score (nSPS) is 10.8. The molecule has 1 N–H and O–H groups in total. The van der Waals surface area contributed by atoms with Gasteiger partial charge in [0.2, 0.25) is 5.91 Å². The topological polar surface area (TPSA) is 63.5 Å². The van der Waals surface area contributed by atoms with Gasteiger partial charge in [-0.1, -0.05) is 11.6 Å². The minimum Gasteiger partial charge on any atom is -0.325 e. The summed E-state index contributed by atoms with van der Waals surface area (Å²) in [6, 6.07) is 10.3. The fourth-order valence-corrected chi connectivity index (χ4v) is 2.55. The van der Waals surface area contributed by atoms with Gasteiger partial charge in [0.15, 0.2) is 5.78 Å². The molecular weight excluding hydrogens is 326 g/mol. The summed E-state index contributed by atoms with van der Waals surface area (Å²) in [4.78, 5) is 28.4. The number of nitrogens with zero attached hydrogens (tertiary/aromatic N) is 2. The number of amides is 1. The van der Waals surface area contributed by atoms with Crippen molar-refractivity contribution < 1.29 is 9.59 Å². The molecule has 3 aromatic rings. The zero-order valence-corrected chi connectivity index (χ0v) is 13.9. The van der Waals surface area contributed by atoms with Crippen LogP contribution in [0.3, 0.4) is 0 Å². The highest BCUT2D eigenvalue weighted by Crippen LogP contribution is 2.14. The molecule has 0 unspecified atom stereocenters. The summed E-state index contributed by atoms with van der Waals surface area (Å²) in [6.45, 7) is 1.91. The van der Waals surface area contributed by atoms with Crippen molar-refractivity contribution in [1.29, 1.82) is 0 Å². The quantitative estimate of drug-likeness (QED) is 0.716. The molecule has 0 spiro atoms. The van der Waals surface area contributed by atoms with Gasteiger partial charge in [-0.25, -0.2) is 4.98 Å². The molecule has 3 rings (SSSR count). The zero-order chi connectivity index (χ0) is 17.1. The Kier molecular flexibility index (Phi) is 4.62. The third-order valence-electron chi connectivity index (χ3n) is 3.60. The maximum absolute atomic E-state index is 12.1. The molecule has 2 aromatic heterocycles. The minimum absolute atomic E-state index is 0.0810. The number of aromatic nitrogens is 2. The number of fused-ring (bicyclic) bond motifs is 1. The molecule has 2 heterocycles. The lowest BCUT2D eigenvalue weighted by Crippen LogP contribution is -2.13. The van der Waals surface area contributed by atoms with Gasteiger partial charge in [0, 0.05) is 35.8 Å². The first-order chi connectivity index (χ1) is 11.5. The van der Waals surface area contributed by atoms with E-state index >= 15 is 0 Å². The Morgan fingerprint density at radius 3 is 2.58 bits per heavy atom. The van der Waals surface area contributed by atoms with E-state index in [4.69, 9.17) is 11.6 Å². The highest BCUT2D eigenvalue weighted by atomic mass is 35.5. The number of anilines is 1. The number of carbonyl (C=O) groups is 2. The second-order valence-electron chi connectivity index (χ2n) is 5.54. The molecule has 0 saturated carbocycles. The molecule has 0 aliphatic carbocycles. The molecule has 1 aromatic carbocycles. The van der Waals surface area contributed by atoms with Gasteiger partial charge in [-0.15, -0.1) is 0 Å². The Hall–Kier alpha value is -2.66. The van der Waals surface area contributed by atoms with Gasteiger partial charge < -0.3 is 9.72 Å². The molecule has 0 fully saturated rings. The largest absolute Gasteiger partial charge is 0.325 e. The first kappa shape index (κ1) is 16.2. The minimum atomic E-state index is -0.200. The standard InChI is InChI=1S/C18H16ClN3O2/c1-12-10-22-11-15(6-8-17(22)20-12)21-18(24)9-7-16(23)13-2-4-14(19)5-3-13/h2-6,8,10-11H,7,9H2,1H3,(H,21,24). The van der Waals surface area contributed by atoms with Crippen molar-refractivity contribution in [2.45, 2.75) is 19.8 Å². The number of hydrogen-bond acceptors (Lipinski definition) is 3. The zero-order valence-electron chi connectivity index (χ0n) is 13.1. The Morgan fingerprint density at radius 2 is 1.83 bits per heavy atom. The number of carbonyl (C=O) groups excluding carboxylic acids is 2. The summed E-state index contributed by atoms with van der Waals surface area (Å²) in [7, 11) is 0. The average Bonchev–Trinajstić information content (AvgIpc) is 2.92. The van der Waals surface area contributed by atoms with Gasteiger partial charge >= 0.3 is 0 Å². The number of ketones is 1. The summed E-state index contributed by atoms with van der Waals surface area (Å²) in [5, 5.41) is 3.38. The molecule has 5 nitrogen and oxygen atoms in total. The summed E-state index contributed by atoms with van der Waals surface area (Å²) in [5.74, 6) is -0.281. The first-order valence-corrected chi connectivity index (χ1v) is 7.93. The van der Waals surface area contributed by atoms with Crippen molar-refractivity contribution in [3.8, 4) is 0 Å². The molecule has 0 atom stereocenters. The third-order valence-corrected chi connectivity index (χ3v) is 3.85. The van der Waals surface area contributed by atoms with Gasteiger partial charge in [0.1, 0.15) is 5.65 Å². The van der Waals surface area contributed by atoms with E-state index in [2.05, 4.69) is 10.3 Å². The summed E-state index contributed by atoms with van der Waals surface area (Å²) < 4.78 is 1.85. The van der Waals surface area contributed by atoms with Gasteiger partial charge in [-0.05, 0) is 43.3 Å². The Bertz CT molecular complexity index is 900. The molecule has 0 bridgehead atoms. The number of benzene rings is 1. The van der Waals surface area contributed by atoms with E-state index in [9.17, 15) is 9.59 Å². The number of Topliss-reactive ketones (excluding diaryl/α,β-unsaturated/α-hetero) is 1. The number of aryl methyl sites for hydroxylation is 1. The third kappa shape index (κ3) is 3.81. The van der Waals surface area contributed by atoms with Gasteiger partial charge in [0.05, 0.1) is 11.4 Å². The fourth-order valence-electron chi connectivity index (χ4n) is 2.42. The van der Waals surface area contributed by atoms with Crippen molar-refractivity contribution in [3.63, 3.8) is 0 Å². The van der Waals surface area contributed by atoms with Crippen LogP contribution < -0.4 is 5.32 Å². The SMILES string of the molecule is Cc1cn2cc(NC(=O)CCC(=O)c3ccc(Cl)cc3)ccc2n1. The predicted molar refractivity (Wildman–Crippen MR) is 93.6 cm³/mol. The van der Waals surface area contributed by atoms with E-state index in [1.165, 1.54) is 0 Å². The van der Waals surface area contributed by atoms with Crippen LogP contribution in [0.2, 0.25) is 5.02 Å². The van der Waals surface area contributed by atoms with E-state index in [0.29, 0.717) is 16.3 Å². The smallest absolute Gasteiger partial charge is 0.224 e.